The van der Waals surface area contributed by atoms with E-state index in [-0.39, 0.29) is 30.4 Å². The van der Waals surface area contributed by atoms with Gasteiger partial charge in [0.25, 0.3) is 0 Å². The number of imide groups is 1. The number of nitrogens with zero attached hydrogens (tertiary/aromatic N) is 1. The fourth-order valence-electron chi connectivity index (χ4n) is 3.93. The normalized spacial score (nSPS) is 20.3. The standard InChI is InChI=1S/C23H27NO3/c1-16(2)23(4,19-13-9-6-10-14-19)17(3)21(25)24-20(15-27-22(24)26)18-11-7-5-8-12-18/h5-14,16-17,20H,15H2,1-4H3/t17-,20-,23+/m0/s1. The molecule has 0 spiro atoms. The maximum Gasteiger partial charge on any atom is 0.417 e. The number of hydrogen-bond donors (Lipinski definition) is 0. The van der Waals surface area contributed by atoms with Gasteiger partial charge in [-0.05, 0) is 17.0 Å². The number of hydrogen-bond acceptors (Lipinski definition) is 3. The zero-order valence-electron chi connectivity index (χ0n) is 16.4. The Morgan fingerprint density at radius 1 is 1.04 bits per heavy atom. The molecule has 1 aliphatic rings. The zero-order chi connectivity index (χ0) is 19.6. The summed E-state index contributed by atoms with van der Waals surface area (Å²) in [5.41, 5.74) is 1.61. The van der Waals surface area contributed by atoms with Crippen LogP contribution in [0, 0.1) is 11.8 Å². The highest BCUT2D eigenvalue weighted by Gasteiger charge is 2.47. The monoisotopic (exact) mass is 365 g/mol. The molecular weight excluding hydrogens is 338 g/mol. The third-order valence-electron chi connectivity index (χ3n) is 6.16. The van der Waals surface area contributed by atoms with Crippen LogP contribution in [0.15, 0.2) is 60.7 Å². The molecule has 0 radical (unpaired) electrons. The molecule has 4 nitrogen and oxygen atoms in total. The van der Waals surface area contributed by atoms with Gasteiger partial charge in [-0.2, -0.15) is 0 Å². The molecule has 1 saturated heterocycles. The van der Waals surface area contributed by atoms with E-state index in [9.17, 15) is 9.59 Å². The number of carbonyl (C=O) groups excluding carboxylic acids is 2. The summed E-state index contributed by atoms with van der Waals surface area (Å²) < 4.78 is 5.25. The molecule has 4 heteroatoms. The van der Waals surface area contributed by atoms with Gasteiger partial charge in [0.15, 0.2) is 0 Å². The molecule has 0 N–H and O–H groups in total. The number of cyclic esters (lactones) is 1. The Hall–Kier alpha value is -2.62. The van der Waals surface area contributed by atoms with E-state index in [4.69, 9.17) is 4.74 Å². The highest BCUT2D eigenvalue weighted by Crippen LogP contribution is 2.41. The van der Waals surface area contributed by atoms with Crippen molar-refractivity contribution in [3.63, 3.8) is 0 Å². The van der Waals surface area contributed by atoms with Crippen LogP contribution in [0.2, 0.25) is 0 Å². The highest BCUT2D eigenvalue weighted by atomic mass is 16.6. The summed E-state index contributed by atoms with van der Waals surface area (Å²) in [4.78, 5) is 27.2. The second kappa shape index (κ2) is 7.55. The van der Waals surface area contributed by atoms with Gasteiger partial charge in [-0.15, -0.1) is 0 Å². The van der Waals surface area contributed by atoms with Gasteiger partial charge in [-0.1, -0.05) is 88.4 Å². The van der Waals surface area contributed by atoms with Crippen LogP contribution in [0.1, 0.15) is 44.9 Å². The molecule has 2 amide bonds. The van der Waals surface area contributed by atoms with Crippen LogP contribution < -0.4 is 0 Å². The van der Waals surface area contributed by atoms with Gasteiger partial charge in [0.05, 0.1) is 0 Å². The molecule has 1 heterocycles. The second-order valence-corrected chi connectivity index (χ2v) is 7.74. The minimum absolute atomic E-state index is 0.189. The Kier molecular flexibility index (Phi) is 5.36. The molecular formula is C23H27NO3. The maximum absolute atomic E-state index is 13.5. The van der Waals surface area contributed by atoms with Crippen molar-refractivity contribution in [2.24, 2.45) is 11.8 Å². The lowest BCUT2D eigenvalue weighted by Crippen LogP contribution is -2.47. The third kappa shape index (κ3) is 3.36. The molecule has 27 heavy (non-hydrogen) atoms. The molecule has 1 fully saturated rings. The van der Waals surface area contributed by atoms with E-state index in [0.717, 1.165) is 11.1 Å². The fourth-order valence-corrected chi connectivity index (χ4v) is 3.93. The summed E-state index contributed by atoms with van der Waals surface area (Å²) in [5, 5.41) is 0. The van der Waals surface area contributed by atoms with E-state index in [1.165, 1.54) is 4.90 Å². The Labute approximate surface area is 161 Å². The molecule has 0 bridgehead atoms. The van der Waals surface area contributed by atoms with Crippen molar-refractivity contribution in [3.05, 3.63) is 71.8 Å². The van der Waals surface area contributed by atoms with Crippen LogP contribution in [0.25, 0.3) is 0 Å². The minimum atomic E-state index is -0.556. The smallest absolute Gasteiger partial charge is 0.417 e. The molecule has 3 rings (SSSR count). The highest BCUT2D eigenvalue weighted by molar-refractivity contribution is 5.95. The van der Waals surface area contributed by atoms with Crippen molar-refractivity contribution in [1.82, 2.24) is 4.90 Å². The van der Waals surface area contributed by atoms with Crippen LogP contribution >= 0.6 is 0 Å². The Morgan fingerprint density at radius 2 is 1.59 bits per heavy atom. The molecule has 0 aromatic heterocycles. The van der Waals surface area contributed by atoms with Gasteiger partial charge in [0.2, 0.25) is 5.91 Å². The van der Waals surface area contributed by atoms with Crippen molar-refractivity contribution < 1.29 is 14.3 Å². The van der Waals surface area contributed by atoms with Crippen LogP contribution in [0.4, 0.5) is 4.79 Å². The first-order chi connectivity index (χ1) is 12.9. The number of rotatable bonds is 5. The second-order valence-electron chi connectivity index (χ2n) is 7.74. The van der Waals surface area contributed by atoms with E-state index in [2.05, 4.69) is 32.9 Å². The van der Waals surface area contributed by atoms with Crippen molar-refractivity contribution in [1.29, 1.82) is 0 Å². The lowest BCUT2D eigenvalue weighted by atomic mass is 9.65. The lowest BCUT2D eigenvalue weighted by molar-refractivity contribution is -0.136. The molecule has 2 aromatic rings. The first kappa shape index (κ1) is 19.2. The van der Waals surface area contributed by atoms with Crippen molar-refractivity contribution in [3.8, 4) is 0 Å². The summed E-state index contributed by atoms with van der Waals surface area (Å²) >= 11 is 0. The SMILES string of the molecule is CC(C)[C@@](C)(c1ccccc1)[C@@H](C)C(=O)N1C(=O)OC[C@H]1c1ccccc1. The molecule has 0 unspecified atom stereocenters. The van der Waals surface area contributed by atoms with Crippen LogP contribution in [0.5, 0.6) is 0 Å². The Morgan fingerprint density at radius 3 is 2.15 bits per heavy atom. The quantitative estimate of drug-likeness (QED) is 0.753. The first-order valence-electron chi connectivity index (χ1n) is 9.47. The summed E-state index contributed by atoms with van der Waals surface area (Å²) in [7, 11) is 0. The number of ether oxygens (including phenoxy) is 1. The van der Waals surface area contributed by atoms with E-state index in [1.807, 2.05) is 55.5 Å². The minimum Gasteiger partial charge on any atom is -0.446 e. The van der Waals surface area contributed by atoms with E-state index < -0.39 is 11.5 Å². The van der Waals surface area contributed by atoms with Gasteiger partial charge >= 0.3 is 6.09 Å². The van der Waals surface area contributed by atoms with Crippen LogP contribution in [-0.2, 0) is 14.9 Å². The van der Waals surface area contributed by atoms with Gasteiger partial charge in [-0.3, -0.25) is 4.79 Å². The van der Waals surface area contributed by atoms with Crippen molar-refractivity contribution in [2.75, 3.05) is 6.61 Å². The van der Waals surface area contributed by atoms with E-state index >= 15 is 0 Å². The summed E-state index contributed by atoms with van der Waals surface area (Å²) in [6.07, 6.45) is -0.556. The van der Waals surface area contributed by atoms with E-state index in [0.29, 0.717) is 0 Å². The van der Waals surface area contributed by atoms with Gasteiger partial charge in [0, 0.05) is 11.3 Å². The van der Waals surface area contributed by atoms with Gasteiger partial charge in [0.1, 0.15) is 12.6 Å². The van der Waals surface area contributed by atoms with E-state index in [1.54, 1.807) is 0 Å². The molecule has 142 valence electrons. The summed E-state index contributed by atoms with van der Waals surface area (Å²) in [6, 6.07) is 19.3. The molecule has 1 aliphatic heterocycles. The molecule has 3 atom stereocenters. The largest absolute Gasteiger partial charge is 0.446 e. The van der Waals surface area contributed by atoms with Crippen molar-refractivity contribution in [2.45, 2.75) is 39.2 Å². The van der Waals surface area contributed by atoms with Gasteiger partial charge in [-0.25, -0.2) is 9.69 Å². The third-order valence-corrected chi connectivity index (χ3v) is 6.16. The molecule has 2 aromatic carbocycles. The Balaban J connectivity index is 1.96. The molecule has 0 aliphatic carbocycles. The average molecular weight is 365 g/mol. The topological polar surface area (TPSA) is 46.6 Å². The summed E-state index contributed by atoms with van der Waals surface area (Å²) in [5.74, 6) is -0.351. The van der Waals surface area contributed by atoms with Crippen molar-refractivity contribution >= 4 is 12.0 Å². The summed E-state index contributed by atoms with van der Waals surface area (Å²) in [6.45, 7) is 8.46. The zero-order valence-corrected chi connectivity index (χ0v) is 16.4. The Bertz CT molecular complexity index is 803. The first-order valence-corrected chi connectivity index (χ1v) is 9.47. The maximum atomic E-state index is 13.5. The number of benzene rings is 2. The number of carbonyl (C=O) groups is 2. The predicted molar refractivity (Wildman–Crippen MR) is 105 cm³/mol. The number of amides is 2. The van der Waals surface area contributed by atoms with Gasteiger partial charge < -0.3 is 4.74 Å². The average Bonchev–Trinajstić information content (AvgIpc) is 3.08. The predicted octanol–water partition coefficient (Wildman–Crippen LogP) is 4.96. The fraction of sp³-hybridized carbons (Fsp3) is 0.391. The lowest BCUT2D eigenvalue weighted by Gasteiger charge is -2.40. The molecule has 0 saturated carbocycles. The van der Waals surface area contributed by atoms with Crippen LogP contribution in [-0.4, -0.2) is 23.5 Å². The van der Waals surface area contributed by atoms with Crippen LogP contribution in [0.3, 0.4) is 0 Å².